The number of hydrogen-bond donors (Lipinski definition) is 2. The van der Waals surface area contributed by atoms with Gasteiger partial charge >= 0.3 is 6.18 Å². The molecule has 6 heterocycles. The number of anilines is 1. The fourth-order valence-electron chi connectivity index (χ4n) is 6.94. The van der Waals surface area contributed by atoms with E-state index in [0.717, 1.165) is 23.8 Å². The zero-order chi connectivity index (χ0) is 35.5. The molecule has 3 aliphatic heterocycles. The van der Waals surface area contributed by atoms with Gasteiger partial charge in [-0.2, -0.15) is 22.7 Å². The molecule has 0 saturated carbocycles. The smallest absolute Gasteiger partial charge is 0.416 e. The van der Waals surface area contributed by atoms with Crippen molar-refractivity contribution in [2.24, 2.45) is 0 Å². The molecule has 2 amide bonds. The summed E-state index contributed by atoms with van der Waals surface area (Å²) in [5.41, 5.74) is -0.299. The average Bonchev–Trinajstić information content (AvgIpc) is 3.65. The number of likely N-dealkylation sites (tertiary alicyclic amines) is 1. The van der Waals surface area contributed by atoms with Gasteiger partial charge in [0.25, 0.3) is 11.5 Å². The molecule has 1 aromatic carbocycles. The van der Waals surface area contributed by atoms with E-state index in [0.29, 0.717) is 49.6 Å². The number of ether oxygens (including phenoxy) is 1. The summed E-state index contributed by atoms with van der Waals surface area (Å²) >= 11 is 6.13. The molecular formula is C32H31ClF3N9O5. The number of carbonyl (C=O) groups excluding carboxylic acids is 2. The SMILES string of the molecule is Cc1ncnc(C(=O)N2CCC3(CC2)c2c(n(CC(=O)Nc4ccc(C(F)(F)F)cc4Cl)c4nc(C5=CCOCC5)nn4c2=O)CN3C)c1O. The summed E-state index contributed by atoms with van der Waals surface area (Å²) < 4.78 is 47.8. The Morgan fingerprint density at radius 2 is 1.94 bits per heavy atom. The Balaban J connectivity index is 1.26. The summed E-state index contributed by atoms with van der Waals surface area (Å²) in [7, 11) is 1.86. The van der Waals surface area contributed by atoms with E-state index in [2.05, 4.69) is 25.4 Å². The number of alkyl halides is 3. The van der Waals surface area contributed by atoms with Crippen molar-refractivity contribution in [3.63, 3.8) is 0 Å². The zero-order valence-electron chi connectivity index (χ0n) is 26.9. The summed E-state index contributed by atoms with van der Waals surface area (Å²) in [5.74, 6) is -0.919. The first-order valence-electron chi connectivity index (χ1n) is 15.8. The Labute approximate surface area is 287 Å². The molecule has 50 heavy (non-hydrogen) atoms. The third kappa shape index (κ3) is 5.68. The summed E-state index contributed by atoms with van der Waals surface area (Å²) in [5, 5.41) is 17.3. The number of nitrogens with zero attached hydrogens (tertiary/aromatic N) is 8. The first-order chi connectivity index (χ1) is 23.8. The Morgan fingerprint density at radius 3 is 2.62 bits per heavy atom. The molecule has 262 valence electrons. The second-order valence-corrected chi connectivity index (χ2v) is 12.9. The van der Waals surface area contributed by atoms with E-state index in [1.54, 1.807) is 16.4 Å². The van der Waals surface area contributed by atoms with Crippen LogP contribution in [0.5, 0.6) is 5.75 Å². The molecule has 18 heteroatoms. The lowest BCUT2D eigenvalue weighted by atomic mass is 9.82. The van der Waals surface area contributed by atoms with E-state index in [9.17, 15) is 32.7 Å². The summed E-state index contributed by atoms with van der Waals surface area (Å²) in [6.45, 7) is 2.77. The van der Waals surface area contributed by atoms with Gasteiger partial charge in [0, 0.05) is 25.3 Å². The lowest BCUT2D eigenvalue weighted by Gasteiger charge is -2.43. The third-order valence-corrected chi connectivity index (χ3v) is 9.96. The minimum absolute atomic E-state index is 0.0107. The highest BCUT2D eigenvalue weighted by Gasteiger charge is 2.50. The Hall–Kier alpha value is -4.87. The maximum absolute atomic E-state index is 14.4. The van der Waals surface area contributed by atoms with Crippen molar-refractivity contribution in [1.82, 2.24) is 38.9 Å². The Bertz CT molecular complexity index is 2140. The first-order valence-corrected chi connectivity index (χ1v) is 16.1. The van der Waals surface area contributed by atoms with Crippen molar-refractivity contribution < 1.29 is 32.6 Å². The van der Waals surface area contributed by atoms with Crippen LogP contribution in [0.2, 0.25) is 5.02 Å². The highest BCUT2D eigenvalue weighted by atomic mass is 35.5. The molecule has 1 fully saturated rings. The number of rotatable bonds is 5. The van der Waals surface area contributed by atoms with E-state index >= 15 is 0 Å². The van der Waals surface area contributed by atoms with Crippen LogP contribution in [0.3, 0.4) is 0 Å². The maximum atomic E-state index is 14.4. The number of carbonyl (C=O) groups is 2. The first kappa shape index (κ1) is 33.6. The van der Waals surface area contributed by atoms with Crippen LogP contribution >= 0.6 is 11.6 Å². The highest BCUT2D eigenvalue weighted by Crippen LogP contribution is 2.44. The molecule has 2 N–H and O–H groups in total. The lowest BCUT2D eigenvalue weighted by molar-refractivity contribution is -0.137. The normalized spacial score (nSPS) is 17.6. The van der Waals surface area contributed by atoms with E-state index in [4.69, 9.17) is 16.3 Å². The predicted molar refractivity (Wildman–Crippen MR) is 172 cm³/mol. The standard InChI is InChI=1S/C32H31ClF3N9O5/c1-17-26(47)25(38-16-37-17)29(49)43-9-7-31(8-10-43)24-22(14-42(31)2)44(15-23(46)39-21-4-3-19(13-20(21)33)32(34,35)36)30-40-27(41-45(30)28(24)48)18-5-11-50-12-6-18/h3-5,13,16,47H,6-12,14-15H2,1-2H3,(H,39,46). The molecule has 4 aromatic rings. The van der Waals surface area contributed by atoms with Gasteiger partial charge in [-0.15, -0.1) is 5.10 Å². The number of aromatic nitrogens is 6. The molecule has 1 spiro atoms. The van der Waals surface area contributed by atoms with Crippen LogP contribution in [0.15, 0.2) is 35.4 Å². The molecule has 1 saturated heterocycles. The molecule has 0 unspecified atom stereocenters. The van der Waals surface area contributed by atoms with Crippen LogP contribution < -0.4 is 10.9 Å². The van der Waals surface area contributed by atoms with Gasteiger partial charge in [-0.3, -0.25) is 19.3 Å². The van der Waals surface area contributed by atoms with Crippen LogP contribution in [0.25, 0.3) is 11.4 Å². The molecular weight excluding hydrogens is 683 g/mol. The maximum Gasteiger partial charge on any atom is 0.416 e. The number of fused-ring (bicyclic) bond motifs is 3. The van der Waals surface area contributed by atoms with Crippen molar-refractivity contribution >= 4 is 40.5 Å². The van der Waals surface area contributed by atoms with Crippen LogP contribution in [-0.4, -0.2) is 89.2 Å². The fourth-order valence-corrected chi connectivity index (χ4v) is 7.17. The third-order valence-electron chi connectivity index (χ3n) is 9.64. The zero-order valence-corrected chi connectivity index (χ0v) is 27.7. The molecule has 7 rings (SSSR count). The van der Waals surface area contributed by atoms with Gasteiger partial charge in [0.2, 0.25) is 11.7 Å². The Kier molecular flexibility index (Phi) is 8.39. The number of nitrogens with one attached hydrogen (secondary N) is 1. The van der Waals surface area contributed by atoms with Gasteiger partial charge in [0.15, 0.2) is 17.3 Å². The molecule has 3 aliphatic rings. The van der Waals surface area contributed by atoms with Crippen molar-refractivity contribution in [2.45, 2.75) is 51.0 Å². The monoisotopic (exact) mass is 713 g/mol. The number of piperidine rings is 1. The van der Waals surface area contributed by atoms with E-state index in [1.165, 1.54) is 10.8 Å². The van der Waals surface area contributed by atoms with Crippen LogP contribution in [0.1, 0.15) is 58.1 Å². The number of hydrogen-bond acceptors (Lipinski definition) is 10. The van der Waals surface area contributed by atoms with Gasteiger partial charge in [0.05, 0.1) is 46.3 Å². The number of aryl methyl sites for hydroxylation is 1. The Morgan fingerprint density at radius 1 is 1.18 bits per heavy atom. The molecule has 3 aromatic heterocycles. The van der Waals surface area contributed by atoms with Gasteiger partial charge in [-0.25, -0.2) is 9.97 Å². The van der Waals surface area contributed by atoms with Crippen molar-refractivity contribution in [3.8, 4) is 5.75 Å². The van der Waals surface area contributed by atoms with Crippen molar-refractivity contribution in [3.05, 3.63) is 80.0 Å². The van der Waals surface area contributed by atoms with Gasteiger partial charge < -0.3 is 24.6 Å². The molecule has 14 nitrogen and oxygen atoms in total. The second-order valence-electron chi connectivity index (χ2n) is 12.5. The van der Waals surface area contributed by atoms with E-state index in [-0.39, 0.29) is 59.8 Å². The summed E-state index contributed by atoms with van der Waals surface area (Å²) in [6, 6.07) is 2.65. The van der Waals surface area contributed by atoms with Crippen molar-refractivity contribution in [1.29, 1.82) is 0 Å². The van der Waals surface area contributed by atoms with Gasteiger partial charge in [-0.05, 0) is 57.0 Å². The topological polar surface area (TPSA) is 160 Å². The minimum Gasteiger partial charge on any atom is -0.504 e. The number of aromatic hydroxyl groups is 1. The summed E-state index contributed by atoms with van der Waals surface area (Å²) in [4.78, 5) is 57.5. The summed E-state index contributed by atoms with van der Waals surface area (Å²) in [6.07, 6.45) is -0.334. The fraction of sp³-hybridized carbons (Fsp3) is 0.406. The average molecular weight is 714 g/mol. The quantitative estimate of drug-likeness (QED) is 0.314. The number of halogens is 4. The van der Waals surface area contributed by atoms with E-state index < -0.39 is 34.7 Å². The largest absolute Gasteiger partial charge is 0.504 e. The van der Waals surface area contributed by atoms with Gasteiger partial charge in [0.1, 0.15) is 12.9 Å². The molecule has 0 bridgehead atoms. The molecule has 0 radical (unpaired) electrons. The van der Waals surface area contributed by atoms with Crippen molar-refractivity contribution in [2.75, 3.05) is 38.7 Å². The lowest BCUT2D eigenvalue weighted by Crippen LogP contribution is -2.52. The molecule has 0 aliphatic carbocycles. The van der Waals surface area contributed by atoms with Crippen LogP contribution in [0.4, 0.5) is 18.9 Å². The number of amides is 2. The van der Waals surface area contributed by atoms with Gasteiger partial charge in [-0.1, -0.05) is 17.7 Å². The predicted octanol–water partition coefficient (Wildman–Crippen LogP) is 3.39. The number of benzene rings is 1. The minimum atomic E-state index is -4.61. The van der Waals surface area contributed by atoms with E-state index in [1.807, 2.05) is 18.0 Å². The molecule has 0 atom stereocenters. The highest BCUT2D eigenvalue weighted by molar-refractivity contribution is 6.33. The second kappa shape index (κ2) is 12.5. The van der Waals surface area contributed by atoms with Crippen LogP contribution in [-0.2, 0) is 34.3 Å². The van der Waals surface area contributed by atoms with Crippen LogP contribution in [0, 0.1) is 6.92 Å².